The zero-order chi connectivity index (χ0) is 19.6. The number of hydrogen-bond acceptors (Lipinski definition) is 5. The van der Waals surface area contributed by atoms with Crippen molar-refractivity contribution in [3.8, 4) is 0 Å². The van der Waals surface area contributed by atoms with Crippen molar-refractivity contribution in [2.24, 2.45) is 0 Å². The molecular formula is C19H19FN2O4S. The lowest BCUT2D eigenvalue weighted by atomic mass is 10.2. The first-order valence-corrected chi connectivity index (χ1v) is 9.24. The van der Waals surface area contributed by atoms with Gasteiger partial charge in [-0.2, -0.15) is 0 Å². The maximum atomic E-state index is 13.4. The predicted octanol–water partition coefficient (Wildman–Crippen LogP) is 2.99. The quantitative estimate of drug-likeness (QED) is 0.677. The van der Waals surface area contributed by atoms with Crippen LogP contribution < -0.4 is 10.6 Å². The smallest absolute Gasteiger partial charge is 0.316 e. The number of carbonyl (C=O) groups excluding carboxylic acids is 3. The van der Waals surface area contributed by atoms with Crippen molar-refractivity contribution >= 4 is 40.9 Å². The number of anilines is 2. The van der Waals surface area contributed by atoms with E-state index < -0.39 is 24.3 Å². The van der Waals surface area contributed by atoms with E-state index in [1.807, 2.05) is 25.1 Å². The Labute approximate surface area is 160 Å². The van der Waals surface area contributed by atoms with Crippen LogP contribution in [0.4, 0.5) is 15.8 Å². The summed E-state index contributed by atoms with van der Waals surface area (Å²) < 4.78 is 18.2. The van der Waals surface area contributed by atoms with Crippen LogP contribution in [-0.2, 0) is 19.1 Å². The minimum atomic E-state index is -0.643. The van der Waals surface area contributed by atoms with Crippen LogP contribution in [0.1, 0.15) is 5.56 Å². The molecule has 2 aromatic carbocycles. The number of esters is 1. The van der Waals surface area contributed by atoms with Gasteiger partial charge in [-0.05, 0) is 36.8 Å². The Hall–Kier alpha value is -2.87. The van der Waals surface area contributed by atoms with Crippen LogP contribution in [0, 0.1) is 12.7 Å². The number of para-hydroxylation sites is 1. The molecule has 0 aliphatic heterocycles. The van der Waals surface area contributed by atoms with Crippen LogP contribution in [0.5, 0.6) is 0 Å². The van der Waals surface area contributed by atoms with Crippen LogP contribution >= 0.6 is 11.8 Å². The van der Waals surface area contributed by atoms with Crippen LogP contribution in [0.15, 0.2) is 48.5 Å². The molecule has 0 radical (unpaired) electrons. The van der Waals surface area contributed by atoms with Crippen molar-refractivity contribution in [3.63, 3.8) is 0 Å². The molecular weight excluding hydrogens is 371 g/mol. The standard InChI is InChI=1S/C19H19FN2O4S/c1-13-5-4-6-14(9-13)21-18(24)11-27-12-19(25)26-10-17(23)22-16-8-3-2-7-15(16)20/h2-9H,10-12H2,1H3,(H,21,24)(H,22,23). The van der Waals surface area contributed by atoms with Gasteiger partial charge in [0.05, 0.1) is 17.2 Å². The number of ether oxygens (including phenoxy) is 1. The summed E-state index contributed by atoms with van der Waals surface area (Å²) in [7, 11) is 0. The first-order valence-electron chi connectivity index (χ1n) is 8.08. The molecule has 0 saturated heterocycles. The van der Waals surface area contributed by atoms with E-state index in [9.17, 15) is 18.8 Å². The number of thioether (sulfide) groups is 1. The SMILES string of the molecule is Cc1cccc(NC(=O)CSCC(=O)OCC(=O)Nc2ccccc2F)c1. The van der Waals surface area contributed by atoms with Crippen molar-refractivity contribution in [2.75, 3.05) is 28.7 Å². The summed E-state index contributed by atoms with van der Waals surface area (Å²) in [4.78, 5) is 35.1. The van der Waals surface area contributed by atoms with Gasteiger partial charge < -0.3 is 15.4 Å². The highest BCUT2D eigenvalue weighted by Crippen LogP contribution is 2.12. The lowest BCUT2D eigenvalue weighted by Gasteiger charge is -2.08. The predicted molar refractivity (Wildman–Crippen MR) is 103 cm³/mol. The largest absolute Gasteiger partial charge is 0.455 e. The fourth-order valence-electron chi connectivity index (χ4n) is 2.08. The average molecular weight is 390 g/mol. The lowest BCUT2D eigenvalue weighted by Crippen LogP contribution is -2.22. The molecule has 142 valence electrons. The number of aryl methyl sites for hydroxylation is 1. The summed E-state index contributed by atoms with van der Waals surface area (Å²) in [5.41, 5.74) is 1.73. The van der Waals surface area contributed by atoms with E-state index in [0.717, 1.165) is 17.3 Å². The van der Waals surface area contributed by atoms with E-state index in [1.165, 1.54) is 18.2 Å². The molecule has 6 nitrogen and oxygen atoms in total. The normalized spacial score (nSPS) is 10.1. The third-order valence-corrected chi connectivity index (χ3v) is 4.17. The molecule has 0 atom stereocenters. The first kappa shape index (κ1) is 20.4. The fourth-order valence-corrected chi connectivity index (χ4v) is 2.69. The fraction of sp³-hybridized carbons (Fsp3) is 0.211. The molecule has 8 heteroatoms. The van der Waals surface area contributed by atoms with Crippen molar-refractivity contribution in [2.45, 2.75) is 6.92 Å². The van der Waals surface area contributed by atoms with Gasteiger partial charge in [0.1, 0.15) is 5.82 Å². The van der Waals surface area contributed by atoms with Crippen LogP contribution in [-0.4, -0.2) is 35.9 Å². The second kappa shape index (κ2) is 10.3. The van der Waals surface area contributed by atoms with E-state index in [4.69, 9.17) is 4.74 Å². The zero-order valence-corrected chi connectivity index (χ0v) is 15.5. The molecule has 2 aromatic rings. The second-order valence-corrected chi connectivity index (χ2v) is 6.58. The van der Waals surface area contributed by atoms with E-state index in [2.05, 4.69) is 10.6 Å². The number of carbonyl (C=O) groups is 3. The van der Waals surface area contributed by atoms with Gasteiger partial charge in [0, 0.05) is 5.69 Å². The van der Waals surface area contributed by atoms with Gasteiger partial charge in [0.15, 0.2) is 6.61 Å². The molecule has 0 heterocycles. The minimum absolute atomic E-state index is 0.0146. The number of benzene rings is 2. The Kier molecular flexibility index (Phi) is 7.81. The van der Waals surface area contributed by atoms with Gasteiger partial charge >= 0.3 is 5.97 Å². The Morgan fingerprint density at radius 1 is 1.00 bits per heavy atom. The van der Waals surface area contributed by atoms with Crippen molar-refractivity contribution in [1.82, 2.24) is 0 Å². The Morgan fingerprint density at radius 2 is 1.78 bits per heavy atom. The number of rotatable bonds is 8. The third kappa shape index (κ3) is 7.49. The summed E-state index contributed by atoms with van der Waals surface area (Å²) >= 11 is 1.07. The average Bonchev–Trinajstić information content (AvgIpc) is 2.62. The highest BCUT2D eigenvalue weighted by Gasteiger charge is 2.11. The van der Waals surface area contributed by atoms with Crippen molar-refractivity contribution in [1.29, 1.82) is 0 Å². The van der Waals surface area contributed by atoms with Crippen LogP contribution in [0.2, 0.25) is 0 Å². The highest BCUT2D eigenvalue weighted by molar-refractivity contribution is 8.00. The number of amides is 2. The molecule has 0 unspecified atom stereocenters. The minimum Gasteiger partial charge on any atom is -0.455 e. The molecule has 2 rings (SSSR count). The van der Waals surface area contributed by atoms with Gasteiger partial charge in [-0.15, -0.1) is 11.8 Å². The number of nitrogens with one attached hydrogen (secondary N) is 2. The molecule has 0 spiro atoms. The molecule has 0 aliphatic carbocycles. The van der Waals surface area contributed by atoms with Crippen molar-refractivity contribution < 1.29 is 23.5 Å². The topological polar surface area (TPSA) is 84.5 Å². The van der Waals surface area contributed by atoms with Gasteiger partial charge in [0.25, 0.3) is 5.91 Å². The van der Waals surface area contributed by atoms with Crippen molar-refractivity contribution in [3.05, 3.63) is 59.9 Å². The monoisotopic (exact) mass is 390 g/mol. The van der Waals surface area contributed by atoms with Gasteiger partial charge in [-0.25, -0.2) is 4.39 Å². The molecule has 0 saturated carbocycles. The molecule has 2 N–H and O–H groups in total. The molecule has 0 aromatic heterocycles. The summed E-state index contributed by atoms with van der Waals surface area (Å²) in [5, 5.41) is 5.04. The molecule has 2 amide bonds. The Balaban J connectivity index is 1.63. The third-order valence-electron chi connectivity index (χ3n) is 3.27. The second-order valence-electron chi connectivity index (χ2n) is 5.60. The molecule has 0 aliphatic rings. The van der Waals surface area contributed by atoms with E-state index in [1.54, 1.807) is 12.1 Å². The molecule has 0 bridgehead atoms. The van der Waals surface area contributed by atoms with Crippen LogP contribution in [0.3, 0.4) is 0 Å². The van der Waals surface area contributed by atoms with Gasteiger partial charge in [-0.1, -0.05) is 24.3 Å². The van der Waals surface area contributed by atoms with E-state index in [-0.39, 0.29) is 23.1 Å². The summed E-state index contributed by atoms with van der Waals surface area (Å²) in [6.45, 7) is 1.39. The zero-order valence-electron chi connectivity index (χ0n) is 14.7. The van der Waals surface area contributed by atoms with Crippen LogP contribution in [0.25, 0.3) is 0 Å². The van der Waals surface area contributed by atoms with E-state index >= 15 is 0 Å². The highest BCUT2D eigenvalue weighted by atomic mass is 32.2. The molecule has 0 fully saturated rings. The lowest BCUT2D eigenvalue weighted by molar-refractivity contribution is -0.144. The Morgan fingerprint density at radius 3 is 2.52 bits per heavy atom. The van der Waals surface area contributed by atoms with E-state index in [0.29, 0.717) is 5.69 Å². The summed E-state index contributed by atoms with van der Waals surface area (Å²) in [5.74, 6) is -2.09. The van der Waals surface area contributed by atoms with Gasteiger partial charge in [-0.3, -0.25) is 14.4 Å². The number of halogens is 1. The summed E-state index contributed by atoms with van der Waals surface area (Å²) in [6.07, 6.45) is 0. The summed E-state index contributed by atoms with van der Waals surface area (Å²) in [6, 6.07) is 13.0. The van der Waals surface area contributed by atoms with Gasteiger partial charge in [0.2, 0.25) is 5.91 Å². The number of hydrogen-bond donors (Lipinski definition) is 2. The molecule has 27 heavy (non-hydrogen) atoms. The maximum Gasteiger partial charge on any atom is 0.316 e. The first-order chi connectivity index (χ1) is 12.9. The Bertz CT molecular complexity index is 829. The maximum absolute atomic E-state index is 13.4.